The highest BCUT2D eigenvalue weighted by atomic mass is 127. The van der Waals surface area contributed by atoms with Crippen molar-refractivity contribution in [2.24, 2.45) is 15.9 Å². The monoisotopic (exact) mass is 570 g/mol. The Morgan fingerprint density at radius 1 is 1.20 bits per heavy atom. The van der Waals surface area contributed by atoms with Crippen LogP contribution >= 0.6 is 35.1 Å². The molecule has 4 atom stereocenters. The lowest BCUT2D eigenvalue weighted by Crippen LogP contribution is -2.53. The molecular formula is C20H38BIN2O4SSi. The zero-order valence-corrected chi connectivity index (χ0v) is 23.7. The highest BCUT2D eigenvalue weighted by Gasteiger charge is 2.44. The molecule has 0 bridgehead atoms. The molecule has 0 N–H and O–H groups in total. The van der Waals surface area contributed by atoms with E-state index in [-0.39, 0.29) is 23.1 Å². The number of hydrogen-bond donors (Lipinski definition) is 1. The van der Waals surface area contributed by atoms with E-state index in [9.17, 15) is 0 Å². The predicted molar refractivity (Wildman–Crippen MR) is 142 cm³/mol. The zero-order valence-electron chi connectivity index (χ0n) is 20.7. The van der Waals surface area contributed by atoms with Gasteiger partial charge in [-0.25, -0.2) is 9.98 Å². The molecule has 0 fully saturated rings. The summed E-state index contributed by atoms with van der Waals surface area (Å²) < 4.78 is 34.0. The fraction of sp³-hybridized carbons (Fsp3) is 0.800. The molecule has 172 valence electrons. The molecular weight excluding hydrogens is 530 g/mol. The summed E-state index contributed by atoms with van der Waals surface area (Å²) >= 11 is 6.38. The Balaban J connectivity index is 3.48. The molecule has 0 aromatic carbocycles. The molecule has 0 aromatic heterocycles. The van der Waals surface area contributed by atoms with Crippen LogP contribution in [-0.2, 0) is 18.6 Å². The van der Waals surface area contributed by atoms with E-state index in [2.05, 4.69) is 82.8 Å². The standard InChI is InChI=1S/C20H38BIN2O4SSi/c1-13(2)15-18(25-6)24-16(19(23-15)26-7)17(27-21-29)14(11-10-12-22)28-30(8,9)20(3,4)5/h10,12-17,21,29H,11H2,1-9H3/t14-,15-,16+,17+/m1/s1/i21T. The smallest absolute Gasteiger partial charge is 0.339 e. The molecule has 0 unspecified atom stereocenters. The Labute approximate surface area is 204 Å². The number of hydrogen-bond acceptors (Lipinski definition) is 7. The van der Waals surface area contributed by atoms with Gasteiger partial charge >= 0.3 is 6.72 Å². The van der Waals surface area contributed by atoms with Crippen molar-refractivity contribution < 1.29 is 18.6 Å². The average Bonchev–Trinajstić information content (AvgIpc) is 2.67. The summed E-state index contributed by atoms with van der Waals surface area (Å²) in [7, 11) is 1.04. The largest absolute Gasteiger partial charge is 0.483 e. The summed E-state index contributed by atoms with van der Waals surface area (Å²) in [6.07, 6.45) is 1.68. The van der Waals surface area contributed by atoms with Gasteiger partial charge in [0.1, 0.15) is 6.04 Å². The number of ether oxygens (including phenoxy) is 2. The zero-order chi connectivity index (χ0) is 24.0. The highest BCUT2D eigenvalue weighted by Crippen LogP contribution is 2.39. The van der Waals surface area contributed by atoms with Gasteiger partial charge in [-0.1, -0.05) is 63.3 Å². The van der Waals surface area contributed by atoms with E-state index in [4.69, 9.17) is 29.9 Å². The van der Waals surface area contributed by atoms with E-state index in [0.717, 1.165) is 0 Å². The van der Waals surface area contributed by atoms with Gasteiger partial charge in [-0.05, 0) is 34.6 Å². The average molecular weight is 570 g/mol. The molecule has 1 aliphatic heterocycles. The van der Waals surface area contributed by atoms with E-state index < -0.39 is 27.2 Å². The van der Waals surface area contributed by atoms with Crippen LogP contribution in [0.3, 0.4) is 0 Å². The summed E-state index contributed by atoms with van der Waals surface area (Å²) in [4.78, 5) is 9.61. The second-order valence-corrected chi connectivity index (χ2v) is 14.9. The number of nitrogens with zero attached hydrogens (tertiary/aromatic N) is 2. The molecule has 0 radical (unpaired) electrons. The van der Waals surface area contributed by atoms with E-state index in [1.807, 2.05) is 10.2 Å². The van der Waals surface area contributed by atoms with Crippen LogP contribution in [0.5, 0.6) is 0 Å². The minimum absolute atomic E-state index is 0.0135. The van der Waals surface area contributed by atoms with Crippen molar-refractivity contribution in [3.63, 3.8) is 0 Å². The maximum atomic E-state index is 7.99. The summed E-state index contributed by atoms with van der Waals surface area (Å²) in [5.74, 6) is 1.19. The lowest BCUT2D eigenvalue weighted by atomic mass is 9.98. The van der Waals surface area contributed by atoms with Gasteiger partial charge in [0.25, 0.3) is 0 Å². The first kappa shape index (κ1) is 26.2. The van der Waals surface area contributed by atoms with Gasteiger partial charge in [0.15, 0.2) is 14.4 Å². The Hall–Kier alpha value is -0.0382. The third-order valence-electron chi connectivity index (χ3n) is 5.69. The molecule has 30 heavy (non-hydrogen) atoms. The molecule has 0 aromatic rings. The molecule has 1 rings (SSSR count). The fourth-order valence-corrected chi connectivity index (χ4v) is 4.73. The number of halogens is 1. The summed E-state index contributed by atoms with van der Waals surface area (Å²) in [5, 5.41) is 0.0135. The molecule has 1 heterocycles. The normalized spacial score (nSPS) is 23.0. The van der Waals surface area contributed by atoms with Crippen LogP contribution in [0.4, 0.5) is 0 Å². The summed E-state index contributed by atoms with van der Waals surface area (Å²) in [6.45, 7) is 14.1. The minimum Gasteiger partial charge on any atom is -0.483 e. The van der Waals surface area contributed by atoms with E-state index >= 15 is 0 Å². The molecule has 10 heteroatoms. The molecule has 6 nitrogen and oxygen atoms in total. The second-order valence-electron chi connectivity index (χ2n) is 9.20. The van der Waals surface area contributed by atoms with E-state index in [0.29, 0.717) is 18.2 Å². The fourth-order valence-electron chi connectivity index (χ4n) is 2.96. The van der Waals surface area contributed by atoms with Gasteiger partial charge < -0.3 is 18.6 Å². The Bertz CT molecular complexity index is 674. The predicted octanol–water partition coefficient (Wildman–Crippen LogP) is 4.79. The Morgan fingerprint density at radius 3 is 2.17 bits per heavy atom. The lowest BCUT2D eigenvalue weighted by Gasteiger charge is -2.42. The van der Waals surface area contributed by atoms with Crippen molar-refractivity contribution in [1.29, 1.82) is 1.34 Å². The maximum Gasteiger partial charge on any atom is 0.339 e. The quantitative estimate of drug-likeness (QED) is 0.246. The number of methoxy groups -OCH3 is 2. The highest BCUT2D eigenvalue weighted by molar-refractivity contribution is 14.1. The van der Waals surface area contributed by atoms with Crippen molar-refractivity contribution in [1.82, 2.24) is 0 Å². The van der Waals surface area contributed by atoms with Crippen LogP contribution in [0.15, 0.2) is 20.1 Å². The third kappa shape index (κ3) is 7.25. The molecule has 0 spiro atoms. The maximum absolute atomic E-state index is 7.99. The minimum atomic E-state index is -2.15. The van der Waals surface area contributed by atoms with Crippen LogP contribution in [0.1, 0.15) is 41.0 Å². The number of rotatable bonds is 9. The number of thiol groups is 1. The van der Waals surface area contributed by atoms with Gasteiger partial charge in [-0.15, -0.1) is 0 Å². The summed E-state index contributed by atoms with van der Waals surface area (Å²) in [6, 6.07) is -0.819. The SMILES string of the molecule is [3H]B(S)O[C@H]([C@@H]1N=C(OC)[C@@H](C(C)C)N=C1OC)[C@@H](CC=CI)O[Si](C)(C)C(C)(C)C. The number of aliphatic imine (C=N–C) groups is 2. The van der Waals surface area contributed by atoms with Gasteiger partial charge in [-0.2, -0.15) is 12.5 Å². The van der Waals surface area contributed by atoms with Crippen LogP contribution in [0, 0.1) is 5.92 Å². The van der Waals surface area contributed by atoms with Crippen molar-refractivity contribution in [3.8, 4) is 0 Å². The van der Waals surface area contributed by atoms with E-state index in [1.165, 1.54) is 0 Å². The Kier molecular flexibility index (Phi) is 10.7. The second kappa shape index (κ2) is 12.3. The Morgan fingerprint density at radius 2 is 1.73 bits per heavy atom. The van der Waals surface area contributed by atoms with E-state index in [1.54, 1.807) is 14.2 Å². The van der Waals surface area contributed by atoms with Crippen LogP contribution in [0.25, 0.3) is 0 Å². The lowest BCUT2D eigenvalue weighted by molar-refractivity contribution is 0.0424. The van der Waals surface area contributed by atoms with Crippen LogP contribution in [-0.4, -0.2) is 66.7 Å². The molecule has 0 saturated carbocycles. The van der Waals surface area contributed by atoms with Crippen molar-refractivity contribution >= 4 is 61.9 Å². The summed E-state index contributed by atoms with van der Waals surface area (Å²) in [5.41, 5.74) is 0. The molecule has 0 saturated heterocycles. The molecule has 0 aliphatic carbocycles. The van der Waals surface area contributed by atoms with Crippen molar-refractivity contribution in [2.75, 3.05) is 14.2 Å². The van der Waals surface area contributed by atoms with Crippen molar-refractivity contribution in [3.05, 3.63) is 10.2 Å². The first-order chi connectivity index (χ1) is 14.3. The first-order valence-corrected chi connectivity index (χ1v) is 14.9. The van der Waals surface area contributed by atoms with Crippen LogP contribution < -0.4 is 0 Å². The van der Waals surface area contributed by atoms with Crippen molar-refractivity contribution in [2.45, 2.75) is 83.5 Å². The van der Waals surface area contributed by atoms with Crippen LogP contribution in [0.2, 0.25) is 18.1 Å². The third-order valence-corrected chi connectivity index (χ3v) is 10.8. The topological polar surface area (TPSA) is 61.6 Å². The van der Waals surface area contributed by atoms with Gasteiger partial charge in [0.05, 0.1) is 26.4 Å². The molecule has 0 amide bonds. The van der Waals surface area contributed by atoms with Gasteiger partial charge in [-0.3, -0.25) is 0 Å². The van der Waals surface area contributed by atoms with Gasteiger partial charge in [0.2, 0.25) is 11.8 Å². The first-order valence-electron chi connectivity index (χ1n) is 10.8. The molecule has 1 aliphatic rings. The van der Waals surface area contributed by atoms with Gasteiger partial charge in [0, 0.05) is 1.34 Å².